The average Bonchev–Trinajstić information content (AvgIpc) is 2.49. The zero-order valence-corrected chi connectivity index (χ0v) is 11.2. The van der Waals surface area contributed by atoms with Crippen molar-refractivity contribution in [2.24, 2.45) is 0 Å². The van der Waals surface area contributed by atoms with E-state index < -0.39 is 4.92 Å². The second-order valence-electron chi connectivity index (χ2n) is 4.04. The Bertz CT molecular complexity index is 841. The molecule has 0 bridgehead atoms. The summed E-state index contributed by atoms with van der Waals surface area (Å²) in [5.41, 5.74) is 1.18. The van der Waals surface area contributed by atoms with E-state index in [1.54, 1.807) is 6.07 Å². The second kappa shape index (κ2) is 5.29. The molecule has 0 N–H and O–H groups in total. The third-order valence-corrected chi connectivity index (χ3v) is 2.90. The normalized spacial score (nSPS) is 10.5. The smallest absolute Gasteiger partial charge is 0.289 e. The molecule has 0 saturated heterocycles. The van der Waals surface area contributed by atoms with Crippen molar-refractivity contribution >= 4 is 28.3 Å². The minimum absolute atomic E-state index is 0.0270. The maximum Gasteiger partial charge on any atom is 0.289 e. The number of benzene rings is 1. The van der Waals surface area contributed by atoms with E-state index in [0.29, 0.717) is 5.52 Å². The molecule has 1 aromatic carbocycles. The summed E-state index contributed by atoms with van der Waals surface area (Å²) in [6, 6.07) is 8.46. The molecular weight excluding hydrogens is 296 g/mol. The summed E-state index contributed by atoms with van der Waals surface area (Å²) in [4.78, 5) is 22.3. The Labute approximate surface area is 123 Å². The van der Waals surface area contributed by atoms with E-state index in [4.69, 9.17) is 16.3 Å². The molecule has 0 aliphatic rings. The lowest BCUT2D eigenvalue weighted by Gasteiger charge is -2.05. The fraction of sp³-hybridized carbons (Fsp3) is 0. The Morgan fingerprint density at radius 3 is 2.62 bits per heavy atom. The first-order valence-electron chi connectivity index (χ1n) is 5.83. The van der Waals surface area contributed by atoms with Crippen LogP contribution in [0.4, 0.5) is 5.69 Å². The first kappa shape index (κ1) is 13.2. The van der Waals surface area contributed by atoms with E-state index in [2.05, 4.69) is 15.0 Å². The van der Waals surface area contributed by atoms with E-state index in [0.717, 1.165) is 11.7 Å². The molecule has 0 saturated carbocycles. The maximum atomic E-state index is 10.6. The van der Waals surface area contributed by atoms with Crippen LogP contribution in [0.5, 0.6) is 11.8 Å². The van der Waals surface area contributed by atoms with Gasteiger partial charge in [-0.25, -0.2) is 15.0 Å². The Balaban J connectivity index is 1.93. The first-order chi connectivity index (χ1) is 10.1. The van der Waals surface area contributed by atoms with Crippen LogP contribution in [0, 0.1) is 10.1 Å². The Kier molecular flexibility index (Phi) is 3.33. The van der Waals surface area contributed by atoms with Gasteiger partial charge < -0.3 is 4.74 Å². The molecule has 0 unspecified atom stereocenters. The Morgan fingerprint density at radius 1 is 1.14 bits per heavy atom. The summed E-state index contributed by atoms with van der Waals surface area (Å²) < 4.78 is 5.41. The zero-order chi connectivity index (χ0) is 14.8. The third kappa shape index (κ3) is 2.72. The highest BCUT2D eigenvalue weighted by Crippen LogP contribution is 2.29. The number of nitro groups is 1. The molecule has 8 heteroatoms. The zero-order valence-electron chi connectivity index (χ0n) is 10.4. The van der Waals surface area contributed by atoms with Gasteiger partial charge in [0.2, 0.25) is 11.8 Å². The van der Waals surface area contributed by atoms with Crippen LogP contribution in [-0.4, -0.2) is 19.9 Å². The molecule has 21 heavy (non-hydrogen) atoms. The van der Waals surface area contributed by atoms with Crippen LogP contribution in [-0.2, 0) is 0 Å². The predicted octanol–water partition coefficient (Wildman–Crippen LogP) is 3.38. The SMILES string of the molecule is O=[N+]([O-])c1cnc(Oc2cnc3ccccc3n2)c(Cl)c1. The molecule has 0 aliphatic heterocycles. The van der Waals surface area contributed by atoms with Crippen LogP contribution in [0.1, 0.15) is 0 Å². The van der Waals surface area contributed by atoms with Crippen LogP contribution in [0.15, 0.2) is 42.7 Å². The average molecular weight is 303 g/mol. The topological polar surface area (TPSA) is 91.0 Å². The monoisotopic (exact) mass is 302 g/mol. The molecule has 0 spiro atoms. The summed E-state index contributed by atoms with van der Waals surface area (Å²) in [7, 11) is 0. The first-order valence-corrected chi connectivity index (χ1v) is 6.21. The lowest BCUT2D eigenvalue weighted by atomic mass is 10.3. The van der Waals surface area contributed by atoms with Crippen LogP contribution in [0.25, 0.3) is 11.0 Å². The number of ether oxygens (including phenoxy) is 1. The fourth-order valence-corrected chi connectivity index (χ4v) is 1.88. The molecular formula is C13H7ClN4O3. The van der Waals surface area contributed by atoms with Crippen molar-refractivity contribution in [3.8, 4) is 11.8 Å². The van der Waals surface area contributed by atoms with Crippen molar-refractivity contribution < 1.29 is 9.66 Å². The maximum absolute atomic E-state index is 10.6. The van der Waals surface area contributed by atoms with Crippen molar-refractivity contribution in [3.05, 3.63) is 57.9 Å². The van der Waals surface area contributed by atoms with Gasteiger partial charge in [0.1, 0.15) is 11.2 Å². The number of rotatable bonds is 3. The predicted molar refractivity (Wildman–Crippen MR) is 75.5 cm³/mol. The third-order valence-electron chi connectivity index (χ3n) is 2.63. The number of fused-ring (bicyclic) bond motifs is 1. The molecule has 104 valence electrons. The van der Waals surface area contributed by atoms with E-state index >= 15 is 0 Å². The number of hydrogen-bond donors (Lipinski definition) is 0. The molecule has 0 radical (unpaired) electrons. The summed E-state index contributed by atoms with van der Waals surface area (Å²) in [5, 5.41) is 10.6. The van der Waals surface area contributed by atoms with Crippen LogP contribution >= 0.6 is 11.6 Å². The molecule has 0 atom stereocenters. The summed E-state index contributed by atoms with van der Waals surface area (Å²) in [6.45, 7) is 0. The molecule has 0 fully saturated rings. The van der Waals surface area contributed by atoms with Gasteiger partial charge in [-0.1, -0.05) is 23.7 Å². The van der Waals surface area contributed by atoms with Crippen LogP contribution in [0.3, 0.4) is 0 Å². The molecule has 3 aromatic rings. The Morgan fingerprint density at radius 2 is 1.90 bits per heavy atom. The number of nitrogens with zero attached hydrogens (tertiary/aromatic N) is 4. The van der Waals surface area contributed by atoms with Crippen LogP contribution < -0.4 is 4.74 Å². The molecule has 2 aromatic heterocycles. The van der Waals surface area contributed by atoms with Crippen molar-refractivity contribution in [2.45, 2.75) is 0 Å². The van der Waals surface area contributed by atoms with Gasteiger partial charge in [0.05, 0.1) is 22.2 Å². The largest absolute Gasteiger partial charge is 0.417 e. The second-order valence-corrected chi connectivity index (χ2v) is 4.44. The Hall–Kier alpha value is -2.80. The summed E-state index contributed by atoms with van der Waals surface area (Å²) in [5.74, 6) is 0.240. The number of hydrogen-bond acceptors (Lipinski definition) is 6. The van der Waals surface area contributed by atoms with Gasteiger partial charge in [0.15, 0.2) is 0 Å². The number of aromatic nitrogens is 3. The molecule has 2 heterocycles. The van der Waals surface area contributed by atoms with E-state index in [1.807, 2.05) is 18.2 Å². The molecule has 0 aliphatic carbocycles. The minimum atomic E-state index is -0.585. The van der Waals surface area contributed by atoms with Crippen molar-refractivity contribution in [3.63, 3.8) is 0 Å². The molecule has 3 rings (SSSR count). The fourth-order valence-electron chi connectivity index (χ4n) is 1.68. The quantitative estimate of drug-likeness (QED) is 0.544. The van der Waals surface area contributed by atoms with Crippen LogP contribution in [0.2, 0.25) is 5.02 Å². The van der Waals surface area contributed by atoms with Crippen molar-refractivity contribution in [1.82, 2.24) is 15.0 Å². The lowest BCUT2D eigenvalue weighted by molar-refractivity contribution is -0.385. The van der Waals surface area contributed by atoms with Gasteiger partial charge in [-0.2, -0.15) is 0 Å². The number of pyridine rings is 1. The van der Waals surface area contributed by atoms with Gasteiger partial charge in [0.25, 0.3) is 5.69 Å². The van der Waals surface area contributed by atoms with E-state index in [-0.39, 0.29) is 22.5 Å². The number of halogens is 1. The highest BCUT2D eigenvalue weighted by Gasteiger charge is 2.13. The van der Waals surface area contributed by atoms with Gasteiger partial charge in [0, 0.05) is 6.07 Å². The number of para-hydroxylation sites is 2. The molecule has 0 amide bonds. The van der Waals surface area contributed by atoms with E-state index in [1.165, 1.54) is 12.3 Å². The summed E-state index contributed by atoms with van der Waals surface area (Å²) >= 11 is 5.90. The lowest BCUT2D eigenvalue weighted by Crippen LogP contribution is -1.95. The van der Waals surface area contributed by atoms with Gasteiger partial charge in [-0.05, 0) is 12.1 Å². The minimum Gasteiger partial charge on any atom is -0.417 e. The standard InChI is InChI=1S/C13H7ClN4O3/c14-9-5-8(18(19)20)6-16-13(9)21-12-7-15-10-3-1-2-4-11(10)17-12/h1-7H. The van der Waals surface area contributed by atoms with E-state index in [9.17, 15) is 10.1 Å². The highest BCUT2D eigenvalue weighted by atomic mass is 35.5. The van der Waals surface area contributed by atoms with Gasteiger partial charge in [-0.15, -0.1) is 0 Å². The van der Waals surface area contributed by atoms with Gasteiger partial charge >= 0.3 is 0 Å². The van der Waals surface area contributed by atoms with Gasteiger partial charge in [-0.3, -0.25) is 10.1 Å². The highest BCUT2D eigenvalue weighted by molar-refractivity contribution is 6.32. The van der Waals surface area contributed by atoms with Crippen molar-refractivity contribution in [2.75, 3.05) is 0 Å². The molecule has 7 nitrogen and oxygen atoms in total. The summed E-state index contributed by atoms with van der Waals surface area (Å²) in [6.07, 6.45) is 2.50. The van der Waals surface area contributed by atoms with Crippen molar-refractivity contribution in [1.29, 1.82) is 0 Å².